The molecule has 0 aromatic carbocycles. The van der Waals surface area contributed by atoms with Gasteiger partial charge >= 0.3 is 0 Å². The van der Waals surface area contributed by atoms with Crippen LogP contribution in [0.15, 0.2) is 0 Å². The quantitative estimate of drug-likeness (QED) is 0.489. The van der Waals surface area contributed by atoms with Gasteiger partial charge in [-0.3, -0.25) is 0 Å². The normalized spacial score (nSPS) is 27.1. The van der Waals surface area contributed by atoms with Crippen molar-refractivity contribution in [1.82, 2.24) is 5.32 Å². The molecule has 1 heteroatoms. The maximum Gasteiger partial charge on any atom is 0.00747 e. The SMILES string of the molecule is CCCCCC(CCCCC)NC1CC(C)CC(C)C1. The van der Waals surface area contributed by atoms with Gasteiger partial charge in [0.1, 0.15) is 0 Å². The predicted octanol–water partition coefficient (Wildman–Crippen LogP) is 5.93. The molecule has 0 aromatic rings. The van der Waals surface area contributed by atoms with Crippen LogP contribution in [-0.2, 0) is 0 Å². The molecule has 0 saturated heterocycles. The Morgan fingerprint density at radius 3 is 1.75 bits per heavy atom. The van der Waals surface area contributed by atoms with Crippen LogP contribution in [0.2, 0.25) is 0 Å². The first kappa shape index (κ1) is 18.0. The molecule has 1 aliphatic carbocycles. The van der Waals surface area contributed by atoms with Crippen molar-refractivity contribution in [2.45, 2.75) is 110 Å². The van der Waals surface area contributed by atoms with Crippen LogP contribution in [0.25, 0.3) is 0 Å². The van der Waals surface area contributed by atoms with Crippen LogP contribution in [0.1, 0.15) is 98.3 Å². The van der Waals surface area contributed by atoms with Crippen molar-refractivity contribution in [1.29, 1.82) is 0 Å². The van der Waals surface area contributed by atoms with E-state index in [-0.39, 0.29) is 0 Å². The van der Waals surface area contributed by atoms with Gasteiger partial charge in [0, 0.05) is 12.1 Å². The van der Waals surface area contributed by atoms with Crippen LogP contribution in [-0.4, -0.2) is 12.1 Å². The van der Waals surface area contributed by atoms with Gasteiger partial charge in [-0.05, 0) is 43.9 Å². The minimum atomic E-state index is 0.788. The number of nitrogens with one attached hydrogen (secondary N) is 1. The number of unbranched alkanes of at least 4 members (excludes halogenated alkanes) is 4. The highest BCUT2D eigenvalue weighted by atomic mass is 15.0. The van der Waals surface area contributed by atoms with E-state index in [9.17, 15) is 0 Å². The maximum absolute atomic E-state index is 4.03. The summed E-state index contributed by atoms with van der Waals surface area (Å²) in [6.45, 7) is 9.50. The molecule has 0 amide bonds. The van der Waals surface area contributed by atoms with Gasteiger partial charge in [0.05, 0.1) is 0 Å². The summed E-state index contributed by atoms with van der Waals surface area (Å²) in [6, 6.07) is 1.58. The second kappa shape index (κ2) is 10.7. The largest absolute Gasteiger partial charge is 0.311 e. The Labute approximate surface area is 128 Å². The lowest BCUT2D eigenvalue weighted by atomic mass is 9.80. The Kier molecular flexibility index (Phi) is 9.59. The standard InChI is InChI=1S/C19H39N/c1-5-7-9-11-18(12-10-8-6-2)20-19-14-16(3)13-17(4)15-19/h16-20H,5-15H2,1-4H3. The van der Waals surface area contributed by atoms with E-state index in [2.05, 4.69) is 33.0 Å². The van der Waals surface area contributed by atoms with Crippen LogP contribution >= 0.6 is 0 Å². The Balaban J connectivity index is 2.36. The summed E-state index contributed by atoms with van der Waals surface area (Å²) in [5, 5.41) is 4.03. The lowest BCUT2D eigenvalue weighted by Gasteiger charge is -2.35. The zero-order chi connectivity index (χ0) is 14.8. The number of hydrogen-bond donors (Lipinski definition) is 1. The zero-order valence-electron chi connectivity index (χ0n) is 14.6. The summed E-state index contributed by atoms with van der Waals surface area (Å²) >= 11 is 0. The van der Waals surface area contributed by atoms with Gasteiger partial charge in [-0.25, -0.2) is 0 Å². The molecule has 1 saturated carbocycles. The van der Waals surface area contributed by atoms with Gasteiger partial charge in [-0.2, -0.15) is 0 Å². The molecule has 0 heterocycles. The zero-order valence-corrected chi connectivity index (χ0v) is 14.6. The predicted molar refractivity (Wildman–Crippen MR) is 91.2 cm³/mol. The van der Waals surface area contributed by atoms with E-state index >= 15 is 0 Å². The van der Waals surface area contributed by atoms with Gasteiger partial charge in [0.25, 0.3) is 0 Å². The first-order valence-electron chi connectivity index (χ1n) is 9.41. The smallest absolute Gasteiger partial charge is 0.00747 e. The van der Waals surface area contributed by atoms with Crippen LogP contribution in [0, 0.1) is 11.8 Å². The molecule has 120 valence electrons. The van der Waals surface area contributed by atoms with Crippen molar-refractivity contribution in [2.75, 3.05) is 0 Å². The molecule has 0 bridgehead atoms. The number of rotatable bonds is 10. The average molecular weight is 282 g/mol. The molecular weight excluding hydrogens is 242 g/mol. The summed E-state index contributed by atoms with van der Waals surface area (Å²) in [6.07, 6.45) is 15.4. The Morgan fingerprint density at radius 2 is 1.30 bits per heavy atom. The fraction of sp³-hybridized carbons (Fsp3) is 1.00. The average Bonchev–Trinajstić information content (AvgIpc) is 2.38. The molecule has 1 N–H and O–H groups in total. The molecule has 0 radical (unpaired) electrons. The molecule has 0 aromatic heterocycles. The molecule has 1 rings (SSSR count). The van der Waals surface area contributed by atoms with E-state index in [0.717, 1.165) is 23.9 Å². The van der Waals surface area contributed by atoms with Crippen molar-refractivity contribution in [3.8, 4) is 0 Å². The summed E-state index contributed by atoms with van der Waals surface area (Å²) in [5.41, 5.74) is 0. The summed E-state index contributed by atoms with van der Waals surface area (Å²) in [4.78, 5) is 0. The fourth-order valence-corrected chi connectivity index (χ4v) is 4.01. The summed E-state index contributed by atoms with van der Waals surface area (Å²) in [5.74, 6) is 1.84. The van der Waals surface area contributed by atoms with Crippen LogP contribution in [0.4, 0.5) is 0 Å². The molecule has 2 unspecified atom stereocenters. The van der Waals surface area contributed by atoms with E-state index in [1.165, 1.54) is 70.6 Å². The minimum Gasteiger partial charge on any atom is -0.311 e. The highest BCUT2D eigenvalue weighted by Gasteiger charge is 2.25. The lowest BCUT2D eigenvalue weighted by Crippen LogP contribution is -2.42. The first-order chi connectivity index (χ1) is 9.65. The van der Waals surface area contributed by atoms with Crippen LogP contribution in [0.5, 0.6) is 0 Å². The lowest BCUT2D eigenvalue weighted by molar-refractivity contribution is 0.217. The van der Waals surface area contributed by atoms with Crippen molar-refractivity contribution in [2.24, 2.45) is 11.8 Å². The van der Waals surface area contributed by atoms with E-state index in [1.807, 2.05) is 0 Å². The van der Waals surface area contributed by atoms with Crippen molar-refractivity contribution in [3.63, 3.8) is 0 Å². The van der Waals surface area contributed by atoms with Gasteiger partial charge in [-0.1, -0.05) is 66.2 Å². The Hall–Kier alpha value is -0.0400. The highest BCUT2D eigenvalue weighted by molar-refractivity contribution is 4.82. The molecule has 2 atom stereocenters. The summed E-state index contributed by atoms with van der Waals surface area (Å²) < 4.78 is 0. The third-order valence-electron chi connectivity index (χ3n) is 4.96. The van der Waals surface area contributed by atoms with E-state index in [4.69, 9.17) is 0 Å². The van der Waals surface area contributed by atoms with Gasteiger partial charge in [-0.15, -0.1) is 0 Å². The van der Waals surface area contributed by atoms with Crippen LogP contribution in [0.3, 0.4) is 0 Å². The second-order valence-corrected chi connectivity index (χ2v) is 7.47. The maximum atomic E-state index is 4.03. The monoisotopic (exact) mass is 281 g/mol. The number of hydrogen-bond acceptors (Lipinski definition) is 1. The Morgan fingerprint density at radius 1 is 0.800 bits per heavy atom. The third-order valence-corrected chi connectivity index (χ3v) is 4.96. The second-order valence-electron chi connectivity index (χ2n) is 7.47. The van der Waals surface area contributed by atoms with Gasteiger partial charge in [0.2, 0.25) is 0 Å². The minimum absolute atomic E-state index is 0.788. The summed E-state index contributed by atoms with van der Waals surface area (Å²) in [7, 11) is 0. The van der Waals surface area contributed by atoms with E-state index in [1.54, 1.807) is 0 Å². The van der Waals surface area contributed by atoms with Crippen molar-refractivity contribution >= 4 is 0 Å². The van der Waals surface area contributed by atoms with Crippen molar-refractivity contribution in [3.05, 3.63) is 0 Å². The Bertz CT molecular complexity index is 206. The fourth-order valence-electron chi connectivity index (χ4n) is 4.01. The van der Waals surface area contributed by atoms with Crippen LogP contribution < -0.4 is 5.32 Å². The molecule has 1 nitrogen and oxygen atoms in total. The van der Waals surface area contributed by atoms with Crippen molar-refractivity contribution < 1.29 is 0 Å². The molecule has 0 spiro atoms. The van der Waals surface area contributed by atoms with E-state index < -0.39 is 0 Å². The molecule has 20 heavy (non-hydrogen) atoms. The highest BCUT2D eigenvalue weighted by Crippen LogP contribution is 2.29. The van der Waals surface area contributed by atoms with Gasteiger partial charge < -0.3 is 5.32 Å². The first-order valence-corrected chi connectivity index (χ1v) is 9.41. The molecule has 1 fully saturated rings. The molecule has 1 aliphatic rings. The van der Waals surface area contributed by atoms with E-state index in [0.29, 0.717) is 0 Å². The molecule has 0 aliphatic heterocycles. The molecular formula is C19H39N. The van der Waals surface area contributed by atoms with Gasteiger partial charge in [0.15, 0.2) is 0 Å². The third kappa shape index (κ3) is 7.67. The topological polar surface area (TPSA) is 12.0 Å².